The van der Waals surface area contributed by atoms with Crippen LogP contribution in [0.5, 0.6) is 0 Å². The molecule has 2 rings (SSSR count). The molecular weight excluding hydrogens is 390 g/mol. The van der Waals surface area contributed by atoms with E-state index in [1.165, 1.54) is 38.1 Å². The third-order valence-electron chi connectivity index (χ3n) is 4.35. The molecule has 1 amide bonds. The summed E-state index contributed by atoms with van der Waals surface area (Å²) >= 11 is 0. The molecule has 0 saturated carbocycles. The van der Waals surface area contributed by atoms with Crippen molar-refractivity contribution >= 4 is 21.7 Å². The SMILES string of the molecule is CC(=O)c1ccc(S(=O)(=O)N[C@@H](C)C(=O)NCc2ccccc2CN(C)C)cc1. The summed E-state index contributed by atoms with van der Waals surface area (Å²) in [6, 6.07) is 12.4. The fourth-order valence-electron chi connectivity index (χ4n) is 2.78. The summed E-state index contributed by atoms with van der Waals surface area (Å²) in [6.07, 6.45) is 0. The average molecular weight is 418 g/mol. The van der Waals surface area contributed by atoms with Crippen LogP contribution in [0.2, 0.25) is 0 Å². The molecule has 2 N–H and O–H groups in total. The Balaban J connectivity index is 2.01. The molecule has 0 aliphatic carbocycles. The monoisotopic (exact) mass is 417 g/mol. The van der Waals surface area contributed by atoms with Crippen molar-refractivity contribution in [1.29, 1.82) is 0 Å². The minimum atomic E-state index is -3.88. The minimum absolute atomic E-state index is 0.00141. The molecule has 1 atom stereocenters. The molecule has 7 nitrogen and oxygen atoms in total. The van der Waals surface area contributed by atoms with E-state index in [1.807, 2.05) is 43.3 Å². The highest BCUT2D eigenvalue weighted by atomic mass is 32.2. The van der Waals surface area contributed by atoms with Crippen molar-refractivity contribution in [2.45, 2.75) is 37.9 Å². The van der Waals surface area contributed by atoms with Crippen LogP contribution in [0.15, 0.2) is 53.4 Å². The van der Waals surface area contributed by atoms with Crippen molar-refractivity contribution < 1.29 is 18.0 Å². The minimum Gasteiger partial charge on any atom is -0.351 e. The van der Waals surface area contributed by atoms with Gasteiger partial charge in [0, 0.05) is 18.7 Å². The van der Waals surface area contributed by atoms with Gasteiger partial charge in [0.15, 0.2) is 5.78 Å². The highest BCUT2D eigenvalue weighted by molar-refractivity contribution is 7.89. The number of hydrogen-bond acceptors (Lipinski definition) is 5. The number of nitrogens with zero attached hydrogens (tertiary/aromatic N) is 1. The largest absolute Gasteiger partial charge is 0.351 e. The van der Waals surface area contributed by atoms with Crippen molar-refractivity contribution in [1.82, 2.24) is 14.9 Å². The number of hydrogen-bond donors (Lipinski definition) is 2. The Hall–Kier alpha value is -2.55. The summed E-state index contributed by atoms with van der Waals surface area (Å²) in [5.74, 6) is -0.571. The zero-order valence-corrected chi connectivity index (χ0v) is 17.9. The molecule has 0 bridgehead atoms. The van der Waals surface area contributed by atoms with Gasteiger partial charge in [-0.15, -0.1) is 0 Å². The predicted molar refractivity (Wildman–Crippen MR) is 112 cm³/mol. The molecule has 0 aliphatic heterocycles. The molecule has 0 heterocycles. The fourth-order valence-corrected chi connectivity index (χ4v) is 3.99. The van der Waals surface area contributed by atoms with E-state index in [1.54, 1.807) is 0 Å². The molecule has 2 aromatic rings. The van der Waals surface area contributed by atoms with Crippen LogP contribution in [0, 0.1) is 0 Å². The van der Waals surface area contributed by atoms with Crippen molar-refractivity contribution in [3.63, 3.8) is 0 Å². The van der Waals surface area contributed by atoms with Crippen LogP contribution in [0.4, 0.5) is 0 Å². The van der Waals surface area contributed by atoms with E-state index in [2.05, 4.69) is 10.0 Å². The Labute approximate surface area is 172 Å². The number of nitrogens with one attached hydrogen (secondary N) is 2. The van der Waals surface area contributed by atoms with Gasteiger partial charge in [0.1, 0.15) is 0 Å². The molecular formula is C21H27N3O4S. The number of ketones is 1. The predicted octanol–water partition coefficient (Wildman–Crippen LogP) is 1.93. The number of rotatable bonds is 9. The molecule has 29 heavy (non-hydrogen) atoms. The second-order valence-corrected chi connectivity index (χ2v) is 8.86. The molecule has 8 heteroatoms. The lowest BCUT2D eigenvalue weighted by Gasteiger charge is -2.17. The quantitative estimate of drug-likeness (QED) is 0.608. The molecule has 0 aliphatic rings. The standard InChI is InChI=1S/C21H27N3O4S/c1-15(23-29(27,28)20-11-9-17(10-12-20)16(2)25)21(26)22-13-18-7-5-6-8-19(18)14-24(3)4/h5-12,15,23H,13-14H2,1-4H3,(H,22,26)/t15-/m0/s1. The van der Waals surface area contributed by atoms with Gasteiger partial charge in [-0.2, -0.15) is 4.72 Å². The first-order valence-electron chi connectivity index (χ1n) is 9.22. The molecule has 2 aromatic carbocycles. The summed E-state index contributed by atoms with van der Waals surface area (Å²) in [5, 5.41) is 2.78. The van der Waals surface area contributed by atoms with Crippen LogP contribution in [-0.2, 0) is 27.9 Å². The Morgan fingerprint density at radius 1 is 1.00 bits per heavy atom. The number of sulfonamides is 1. The molecule has 0 saturated heterocycles. The zero-order valence-electron chi connectivity index (χ0n) is 17.1. The van der Waals surface area contributed by atoms with Crippen LogP contribution < -0.4 is 10.0 Å². The van der Waals surface area contributed by atoms with Crippen LogP contribution in [0.25, 0.3) is 0 Å². The van der Waals surface area contributed by atoms with Crippen molar-refractivity contribution in [3.8, 4) is 0 Å². The molecule has 0 fully saturated rings. The van der Waals surface area contributed by atoms with Gasteiger partial charge in [0.05, 0.1) is 10.9 Å². The molecule has 0 aromatic heterocycles. The first-order chi connectivity index (χ1) is 13.6. The van der Waals surface area contributed by atoms with E-state index in [0.717, 1.165) is 17.7 Å². The number of carbonyl (C=O) groups excluding carboxylic acids is 2. The Morgan fingerprint density at radius 2 is 1.59 bits per heavy atom. The fraction of sp³-hybridized carbons (Fsp3) is 0.333. The summed E-state index contributed by atoms with van der Waals surface area (Å²) in [7, 11) is 0.0520. The molecule has 0 spiro atoms. The Morgan fingerprint density at radius 3 is 2.14 bits per heavy atom. The molecule has 0 radical (unpaired) electrons. The van der Waals surface area contributed by atoms with Gasteiger partial charge in [0.25, 0.3) is 0 Å². The summed E-state index contributed by atoms with van der Waals surface area (Å²) in [5.41, 5.74) is 2.49. The van der Waals surface area contributed by atoms with Gasteiger partial charge < -0.3 is 10.2 Å². The average Bonchev–Trinajstić information content (AvgIpc) is 2.66. The van der Waals surface area contributed by atoms with E-state index >= 15 is 0 Å². The van der Waals surface area contributed by atoms with Crippen LogP contribution in [0.3, 0.4) is 0 Å². The molecule has 156 valence electrons. The number of carbonyl (C=O) groups is 2. The zero-order chi connectivity index (χ0) is 21.6. The lowest BCUT2D eigenvalue weighted by Crippen LogP contribution is -2.44. The van der Waals surface area contributed by atoms with Gasteiger partial charge in [-0.3, -0.25) is 9.59 Å². The normalized spacial score (nSPS) is 12.6. The van der Waals surface area contributed by atoms with Crippen LogP contribution in [0.1, 0.15) is 35.3 Å². The Kier molecular flexibility index (Phi) is 7.66. The summed E-state index contributed by atoms with van der Waals surface area (Å²) in [4.78, 5) is 25.8. The first-order valence-corrected chi connectivity index (χ1v) is 10.7. The summed E-state index contributed by atoms with van der Waals surface area (Å²) in [6.45, 7) is 3.94. The van der Waals surface area contributed by atoms with Gasteiger partial charge in [0.2, 0.25) is 15.9 Å². The van der Waals surface area contributed by atoms with Gasteiger partial charge in [-0.25, -0.2) is 8.42 Å². The number of Topliss-reactive ketones (excluding diaryl/α,β-unsaturated/α-hetero) is 1. The first kappa shape index (κ1) is 22.7. The van der Waals surface area contributed by atoms with Crippen molar-refractivity contribution in [2.24, 2.45) is 0 Å². The maximum Gasteiger partial charge on any atom is 0.241 e. The lowest BCUT2D eigenvalue weighted by atomic mass is 10.1. The highest BCUT2D eigenvalue weighted by Crippen LogP contribution is 2.13. The van der Waals surface area contributed by atoms with E-state index in [0.29, 0.717) is 12.1 Å². The maximum absolute atomic E-state index is 12.5. The van der Waals surface area contributed by atoms with E-state index in [-0.39, 0.29) is 10.7 Å². The number of amides is 1. The Bertz CT molecular complexity index is 970. The topological polar surface area (TPSA) is 95.6 Å². The second-order valence-electron chi connectivity index (χ2n) is 7.15. The smallest absolute Gasteiger partial charge is 0.241 e. The molecule has 0 unspecified atom stereocenters. The second kappa shape index (κ2) is 9.78. The van der Waals surface area contributed by atoms with Gasteiger partial charge in [-0.05, 0) is 51.2 Å². The lowest BCUT2D eigenvalue weighted by molar-refractivity contribution is -0.122. The van der Waals surface area contributed by atoms with Crippen LogP contribution in [-0.4, -0.2) is 45.1 Å². The van der Waals surface area contributed by atoms with Crippen LogP contribution >= 0.6 is 0 Å². The maximum atomic E-state index is 12.5. The van der Waals surface area contributed by atoms with E-state index < -0.39 is 22.0 Å². The van der Waals surface area contributed by atoms with E-state index in [4.69, 9.17) is 0 Å². The third-order valence-corrected chi connectivity index (χ3v) is 5.91. The van der Waals surface area contributed by atoms with E-state index in [9.17, 15) is 18.0 Å². The van der Waals surface area contributed by atoms with Crippen molar-refractivity contribution in [3.05, 3.63) is 65.2 Å². The highest BCUT2D eigenvalue weighted by Gasteiger charge is 2.22. The number of benzene rings is 2. The van der Waals surface area contributed by atoms with Gasteiger partial charge >= 0.3 is 0 Å². The third kappa shape index (κ3) is 6.49. The van der Waals surface area contributed by atoms with Gasteiger partial charge in [-0.1, -0.05) is 36.4 Å². The summed E-state index contributed by atoms with van der Waals surface area (Å²) < 4.78 is 27.4. The van der Waals surface area contributed by atoms with Crippen molar-refractivity contribution in [2.75, 3.05) is 14.1 Å².